The van der Waals surface area contributed by atoms with Gasteiger partial charge in [-0.2, -0.15) is 10.2 Å². The predicted molar refractivity (Wildman–Crippen MR) is 110 cm³/mol. The number of hydrogen-bond acceptors (Lipinski definition) is 4. The minimum atomic E-state index is -0.410. The Morgan fingerprint density at radius 2 is 1.79 bits per heavy atom. The predicted octanol–water partition coefficient (Wildman–Crippen LogP) is 3.28. The summed E-state index contributed by atoms with van der Waals surface area (Å²) in [6.45, 7) is 2.22. The number of rotatable bonds is 3. The lowest BCUT2D eigenvalue weighted by molar-refractivity contribution is 0.0949. The Morgan fingerprint density at radius 1 is 1.07 bits per heavy atom. The summed E-state index contributed by atoms with van der Waals surface area (Å²) in [6.07, 6.45) is 3.99. The summed E-state index contributed by atoms with van der Waals surface area (Å²) in [5.41, 5.74) is 5.93. The number of hydrazone groups is 1. The number of hydrogen-bond donors (Lipinski definition) is 1. The van der Waals surface area contributed by atoms with Crippen molar-refractivity contribution in [2.75, 3.05) is 0 Å². The molecule has 3 aromatic rings. The lowest BCUT2D eigenvalue weighted by Gasteiger charge is -2.10. The van der Waals surface area contributed by atoms with Gasteiger partial charge in [0.25, 0.3) is 11.5 Å². The lowest BCUT2D eigenvalue weighted by Crippen LogP contribution is -2.29. The fourth-order valence-corrected chi connectivity index (χ4v) is 3.67. The molecule has 2 aromatic carbocycles. The first-order valence-corrected chi connectivity index (χ1v) is 9.64. The summed E-state index contributed by atoms with van der Waals surface area (Å²) in [7, 11) is 0. The first-order valence-electron chi connectivity index (χ1n) is 9.64. The number of amides is 1. The van der Waals surface area contributed by atoms with Gasteiger partial charge in [-0.05, 0) is 44.2 Å². The second-order valence-corrected chi connectivity index (χ2v) is 6.88. The Bertz CT molecular complexity index is 1130. The van der Waals surface area contributed by atoms with E-state index in [1.807, 2.05) is 19.1 Å². The third-order valence-corrected chi connectivity index (χ3v) is 5.11. The summed E-state index contributed by atoms with van der Waals surface area (Å²) >= 11 is 0. The van der Waals surface area contributed by atoms with Gasteiger partial charge in [-0.25, -0.2) is 10.1 Å². The van der Waals surface area contributed by atoms with E-state index >= 15 is 0 Å². The maximum absolute atomic E-state index is 12.9. The molecule has 0 saturated carbocycles. The standard InChI is InChI=1S/C22H22N4O2/c1-2-26-22(28)18-13-7-6-12-17(18)20(25-26)21(27)24-23-19-14-8-4-10-15-9-3-5-11-16(15)19/h3,5-7,9,11-13H,2,4,8,10,14H2,1H3,(H,24,27)/b23-19-. The Hall–Kier alpha value is -3.28. The van der Waals surface area contributed by atoms with Crippen molar-refractivity contribution in [1.29, 1.82) is 0 Å². The molecule has 4 rings (SSSR count). The summed E-state index contributed by atoms with van der Waals surface area (Å²) in [5, 5.41) is 9.73. The van der Waals surface area contributed by atoms with E-state index in [-0.39, 0.29) is 11.3 Å². The Balaban J connectivity index is 1.71. The summed E-state index contributed by atoms with van der Waals surface area (Å²) in [6, 6.07) is 15.2. The van der Waals surface area contributed by atoms with E-state index in [0.717, 1.165) is 37.0 Å². The highest BCUT2D eigenvalue weighted by Gasteiger charge is 2.17. The second-order valence-electron chi connectivity index (χ2n) is 6.88. The average molecular weight is 374 g/mol. The van der Waals surface area contributed by atoms with Crippen LogP contribution in [0.15, 0.2) is 58.4 Å². The SMILES string of the molecule is CCn1nc(C(=O)N/N=C2/CCCCc3ccccc32)c2ccccc2c1=O. The first-order chi connectivity index (χ1) is 13.7. The zero-order valence-corrected chi connectivity index (χ0v) is 15.8. The van der Waals surface area contributed by atoms with Crippen LogP contribution >= 0.6 is 0 Å². The van der Waals surface area contributed by atoms with Gasteiger partial charge in [0.2, 0.25) is 0 Å². The van der Waals surface area contributed by atoms with E-state index in [9.17, 15) is 9.59 Å². The molecule has 0 aliphatic heterocycles. The number of nitrogens with one attached hydrogen (secondary N) is 1. The van der Waals surface area contributed by atoms with E-state index in [1.165, 1.54) is 10.2 Å². The molecule has 1 amide bonds. The molecule has 0 spiro atoms. The number of fused-ring (bicyclic) bond motifs is 2. The monoisotopic (exact) mass is 374 g/mol. The Labute approximate surface area is 162 Å². The third kappa shape index (κ3) is 3.33. The largest absolute Gasteiger partial charge is 0.292 e. The van der Waals surface area contributed by atoms with Gasteiger partial charge in [-0.3, -0.25) is 9.59 Å². The highest BCUT2D eigenvalue weighted by Crippen LogP contribution is 2.21. The van der Waals surface area contributed by atoms with Crippen molar-refractivity contribution in [3.05, 3.63) is 75.7 Å². The van der Waals surface area contributed by atoms with Crippen LogP contribution in [0.25, 0.3) is 10.8 Å². The Morgan fingerprint density at radius 3 is 2.61 bits per heavy atom. The van der Waals surface area contributed by atoms with Gasteiger partial charge in [-0.15, -0.1) is 0 Å². The molecule has 1 N–H and O–H groups in total. The molecule has 1 aliphatic carbocycles. The van der Waals surface area contributed by atoms with Crippen molar-refractivity contribution in [1.82, 2.24) is 15.2 Å². The summed E-state index contributed by atoms with van der Waals surface area (Å²) in [5.74, 6) is -0.410. The molecule has 142 valence electrons. The average Bonchev–Trinajstić information content (AvgIpc) is 2.95. The molecule has 6 heteroatoms. The molecular formula is C22H22N4O2. The van der Waals surface area contributed by atoms with Crippen molar-refractivity contribution >= 4 is 22.4 Å². The quantitative estimate of drug-likeness (QED) is 0.565. The van der Waals surface area contributed by atoms with Crippen LogP contribution in [0, 0.1) is 0 Å². The zero-order chi connectivity index (χ0) is 19.5. The normalized spacial score (nSPS) is 15.2. The lowest BCUT2D eigenvalue weighted by atomic mass is 10.0. The molecule has 1 heterocycles. The molecule has 1 aliphatic rings. The van der Waals surface area contributed by atoms with Crippen molar-refractivity contribution in [2.24, 2.45) is 5.10 Å². The van der Waals surface area contributed by atoms with Crippen LogP contribution in [0.4, 0.5) is 0 Å². The number of carbonyl (C=O) groups is 1. The summed E-state index contributed by atoms with van der Waals surface area (Å²) in [4.78, 5) is 25.3. The molecule has 6 nitrogen and oxygen atoms in total. The van der Waals surface area contributed by atoms with E-state index in [0.29, 0.717) is 17.3 Å². The number of benzene rings is 2. The molecule has 28 heavy (non-hydrogen) atoms. The van der Waals surface area contributed by atoms with E-state index in [4.69, 9.17) is 0 Å². The Kier molecular flexibility index (Phi) is 5.02. The molecule has 0 saturated heterocycles. The van der Waals surface area contributed by atoms with Gasteiger partial charge < -0.3 is 0 Å². The second kappa shape index (κ2) is 7.76. The molecule has 0 fully saturated rings. The van der Waals surface area contributed by atoms with Crippen LogP contribution in [0.1, 0.15) is 47.8 Å². The highest BCUT2D eigenvalue weighted by molar-refractivity contribution is 6.06. The molecule has 1 aromatic heterocycles. The van der Waals surface area contributed by atoms with Gasteiger partial charge in [-0.1, -0.05) is 42.5 Å². The van der Waals surface area contributed by atoms with Gasteiger partial charge in [0, 0.05) is 17.5 Å². The zero-order valence-electron chi connectivity index (χ0n) is 15.8. The van der Waals surface area contributed by atoms with Crippen LogP contribution in [0.5, 0.6) is 0 Å². The topological polar surface area (TPSA) is 76.3 Å². The first kappa shape index (κ1) is 18.1. The van der Waals surface area contributed by atoms with Crippen LogP contribution in [0.3, 0.4) is 0 Å². The van der Waals surface area contributed by atoms with Crippen molar-refractivity contribution in [2.45, 2.75) is 39.2 Å². The van der Waals surface area contributed by atoms with E-state index < -0.39 is 5.91 Å². The number of aryl methyl sites for hydroxylation is 2. The van der Waals surface area contributed by atoms with Crippen molar-refractivity contribution in [3.63, 3.8) is 0 Å². The summed E-state index contributed by atoms with van der Waals surface area (Å²) < 4.78 is 1.31. The molecule has 0 atom stereocenters. The van der Waals surface area contributed by atoms with Crippen molar-refractivity contribution in [3.8, 4) is 0 Å². The molecule has 0 bridgehead atoms. The fraction of sp³-hybridized carbons (Fsp3) is 0.273. The third-order valence-electron chi connectivity index (χ3n) is 5.11. The maximum atomic E-state index is 12.9. The minimum Gasteiger partial charge on any atom is -0.267 e. The van der Waals surface area contributed by atoms with Crippen molar-refractivity contribution < 1.29 is 4.79 Å². The molecule has 0 radical (unpaired) electrons. The molecular weight excluding hydrogens is 352 g/mol. The van der Waals surface area contributed by atoms with Gasteiger partial charge >= 0.3 is 0 Å². The number of aromatic nitrogens is 2. The van der Waals surface area contributed by atoms with Gasteiger partial charge in [0.1, 0.15) is 0 Å². The van der Waals surface area contributed by atoms with E-state index in [1.54, 1.807) is 24.3 Å². The fourth-order valence-electron chi connectivity index (χ4n) is 3.67. The van der Waals surface area contributed by atoms with Crippen LogP contribution in [-0.4, -0.2) is 21.4 Å². The van der Waals surface area contributed by atoms with Crippen LogP contribution < -0.4 is 11.0 Å². The molecule has 0 unspecified atom stereocenters. The number of nitrogens with zero attached hydrogens (tertiary/aromatic N) is 3. The van der Waals surface area contributed by atoms with Crippen LogP contribution in [-0.2, 0) is 13.0 Å². The smallest absolute Gasteiger partial charge is 0.267 e. The highest BCUT2D eigenvalue weighted by atomic mass is 16.2. The maximum Gasteiger partial charge on any atom is 0.292 e. The van der Waals surface area contributed by atoms with Gasteiger partial charge in [0.15, 0.2) is 5.69 Å². The van der Waals surface area contributed by atoms with Crippen LogP contribution in [0.2, 0.25) is 0 Å². The minimum absolute atomic E-state index is 0.196. The number of carbonyl (C=O) groups excluding carboxylic acids is 1. The van der Waals surface area contributed by atoms with E-state index in [2.05, 4.69) is 27.8 Å². The van der Waals surface area contributed by atoms with Gasteiger partial charge in [0.05, 0.1) is 11.1 Å².